The molecule has 5 heteroatoms. The highest BCUT2D eigenvalue weighted by molar-refractivity contribution is 7.07. The fourth-order valence-corrected chi connectivity index (χ4v) is 2.85. The molecule has 0 bridgehead atoms. The van der Waals surface area contributed by atoms with E-state index in [1.807, 2.05) is 21.7 Å². The van der Waals surface area contributed by atoms with Crippen molar-refractivity contribution in [1.29, 1.82) is 0 Å². The highest BCUT2D eigenvalue weighted by atomic mass is 32.1. The van der Waals surface area contributed by atoms with Crippen LogP contribution in [0, 0.1) is 11.6 Å². The molecule has 1 heterocycles. The van der Waals surface area contributed by atoms with Crippen LogP contribution >= 0.6 is 11.3 Å². The van der Waals surface area contributed by atoms with Crippen molar-refractivity contribution < 1.29 is 8.78 Å². The lowest BCUT2D eigenvalue weighted by atomic mass is 10.2. The number of nitrogens with zero attached hydrogens (tertiary/aromatic N) is 1. The van der Waals surface area contributed by atoms with Crippen LogP contribution in [0.1, 0.15) is 18.4 Å². The Labute approximate surface area is 114 Å². The van der Waals surface area contributed by atoms with Crippen LogP contribution in [0.5, 0.6) is 0 Å². The molecule has 1 aromatic heterocycles. The highest BCUT2D eigenvalue weighted by Crippen LogP contribution is 2.37. The number of hydrogen-bond donors (Lipinski definition) is 1. The van der Waals surface area contributed by atoms with E-state index in [0.29, 0.717) is 18.3 Å². The number of hydrogen-bond acceptors (Lipinski definition) is 3. The van der Waals surface area contributed by atoms with E-state index in [1.54, 1.807) is 11.3 Å². The Balaban J connectivity index is 1.96. The van der Waals surface area contributed by atoms with Gasteiger partial charge in [0.05, 0.1) is 11.4 Å². The molecule has 2 N–H and O–H groups in total. The summed E-state index contributed by atoms with van der Waals surface area (Å²) in [4.78, 5) is 2.00. The van der Waals surface area contributed by atoms with E-state index in [0.717, 1.165) is 24.5 Å². The predicted molar refractivity (Wildman–Crippen MR) is 74.3 cm³/mol. The van der Waals surface area contributed by atoms with Crippen molar-refractivity contribution in [2.24, 2.45) is 0 Å². The maximum absolute atomic E-state index is 13.6. The number of nitrogens with two attached hydrogens (primary N) is 1. The highest BCUT2D eigenvalue weighted by Gasteiger charge is 2.31. The summed E-state index contributed by atoms with van der Waals surface area (Å²) in [5.74, 6) is -1.27. The van der Waals surface area contributed by atoms with Crippen molar-refractivity contribution in [2.45, 2.75) is 25.4 Å². The van der Waals surface area contributed by atoms with Crippen LogP contribution in [0.4, 0.5) is 20.2 Å². The normalized spacial score (nSPS) is 14.6. The largest absolute Gasteiger partial charge is 0.395 e. The third kappa shape index (κ3) is 2.56. The number of rotatable bonds is 4. The van der Waals surface area contributed by atoms with E-state index in [4.69, 9.17) is 5.73 Å². The molecule has 0 atom stereocenters. The minimum Gasteiger partial charge on any atom is -0.395 e. The second-order valence-electron chi connectivity index (χ2n) is 4.81. The Morgan fingerprint density at radius 1 is 1.32 bits per heavy atom. The topological polar surface area (TPSA) is 29.3 Å². The van der Waals surface area contributed by atoms with Gasteiger partial charge in [-0.1, -0.05) is 0 Å². The smallest absolute Gasteiger partial charge is 0.151 e. The predicted octanol–water partition coefficient (Wildman–Crippen LogP) is 3.78. The van der Waals surface area contributed by atoms with Gasteiger partial charge in [0.15, 0.2) is 5.82 Å². The first kappa shape index (κ1) is 12.4. The fraction of sp³-hybridized carbons (Fsp3) is 0.286. The van der Waals surface area contributed by atoms with Gasteiger partial charge in [0, 0.05) is 18.7 Å². The van der Waals surface area contributed by atoms with E-state index in [-0.39, 0.29) is 5.69 Å². The SMILES string of the molecule is Nc1c(F)cc(F)cc1N(Cc1ccsc1)C1CC1. The van der Waals surface area contributed by atoms with E-state index in [2.05, 4.69) is 0 Å². The molecule has 2 nitrogen and oxygen atoms in total. The minimum atomic E-state index is -0.689. The van der Waals surface area contributed by atoms with Crippen molar-refractivity contribution in [3.8, 4) is 0 Å². The van der Waals surface area contributed by atoms with Crippen LogP contribution in [-0.2, 0) is 6.54 Å². The first-order chi connectivity index (χ1) is 9.15. The van der Waals surface area contributed by atoms with Crippen molar-refractivity contribution in [2.75, 3.05) is 10.6 Å². The van der Waals surface area contributed by atoms with Gasteiger partial charge in [-0.05, 0) is 41.3 Å². The first-order valence-electron chi connectivity index (χ1n) is 6.17. The zero-order chi connectivity index (χ0) is 13.4. The van der Waals surface area contributed by atoms with Gasteiger partial charge in [0.2, 0.25) is 0 Å². The maximum atomic E-state index is 13.6. The molecule has 2 aromatic rings. The molecule has 1 fully saturated rings. The standard InChI is InChI=1S/C14H14F2N2S/c15-10-5-12(16)14(17)13(6-10)18(11-1-2-11)7-9-3-4-19-8-9/h3-6,8,11H,1-2,7,17H2. The quantitative estimate of drug-likeness (QED) is 0.864. The van der Waals surface area contributed by atoms with Gasteiger partial charge in [-0.15, -0.1) is 0 Å². The molecule has 1 saturated carbocycles. The van der Waals surface area contributed by atoms with Crippen LogP contribution < -0.4 is 10.6 Å². The third-order valence-electron chi connectivity index (χ3n) is 3.30. The van der Waals surface area contributed by atoms with Crippen molar-refractivity contribution >= 4 is 22.7 Å². The van der Waals surface area contributed by atoms with Crippen LogP contribution in [0.2, 0.25) is 0 Å². The molecular weight excluding hydrogens is 266 g/mol. The summed E-state index contributed by atoms with van der Waals surface area (Å²) in [6, 6.07) is 4.51. The van der Waals surface area contributed by atoms with Crippen LogP contribution in [-0.4, -0.2) is 6.04 Å². The zero-order valence-corrected chi connectivity index (χ0v) is 11.1. The van der Waals surface area contributed by atoms with Gasteiger partial charge in [-0.2, -0.15) is 11.3 Å². The Morgan fingerprint density at radius 3 is 2.74 bits per heavy atom. The number of benzene rings is 1. The summed E-state index contributed by atoms with van der Waals surface area (Å²) in [6.07, 6.45) is 2.09. The van der Waals surface area contributed by atoms with Crippen LogP contribution in [0.3, 0.4) is 0 Å². The van der Waals surface area contributed by atoms with Gasteiger partial charge < -0.3 is 10.6 Å². The third-order valence-corrected chi connectivity index (χ3v) is 4.03. The molecule has 0 saturated heterocycles. The van der Waals surface area contributed by atoms with Gasteiger partial charge in [0.1, 0.15) is 5.82 Å². The monoisotopic (exact) mass is 280 g/mol. The van der Waals surface area contributed by atoms with E-state index in [9.17, 15) is 8.78 Å². The van der Waals surface area contributed by atoms with Crippen molar-refractivity contribution in [3.63, 3.8) is 0 Å². The molecule has 0 radical (unpaired) electrons. The molecule has 19 heavy (non-hydrogen) atoms. The molecule has 100 valence electrons. The van der Waals surface area contributed by atoms with Gasteiger partial charge in [-0.3, -0.25) is 0 Å². The van der Waals surface area contributed by atoms with Crippen LogP contribution in [0.25, 0.3) is 0 Å². The minimum absolute atomic E-state index is 0.0310. The van der Waals surface area contributed by atoms with Crippen molar-refractivity contribution in [1.82, 2.24) is 0 Å². The Kier molecular flexibility index (Phi) is 3.14. The lowest BCUT2D eigenvalue weighted by Gasteiger charge is -2.26. The summed E-state index contributed by atoms with van der Waals surface area (Å²) >= 11 is 1.61. The molecule has 0 aliphatic heterocycles. The Bertz CT molecular complexity index is 579. The molecular formula is C14H14F2N2S. The second-order valence-corrected chi connectivity index (χ2v) is 5.59. The molecule has 3 rings (SSSR count). The Morgan fingerprint density at radius 2 is 2.11 bits per heavy atom. The van der Waals surface area contributed by atoms with Crippen LogP contribution in [0.15, 0.2) is 29.0 Å². The molecule has 1 aromatic carbocycles. The maximum Gasteiger partial charge on any atom is 0.151 e. The van der Waals surface area contributed by atoms with Crippen molar-refractivity contribution in [3.05, 3.63) is 46.2 Å². The number of nitrogen functional groups attached to an aromatic ring is 1. The average molecular weight is 280 g/mol. The summed E-state index contributed by atoms with van der Waals surface area (Å²) in [6.45, 7) is 0.640. The fourth-order valence-electron chi connectivity index (χ4n) is 2.19. The molecule has 0 amide bonds. The first-order valence-corrected chi connectivity index (χ1v) is 7.11. The summed E-state index contributed by atoms with van der Waals surface area (Å²) in [7, 11) is 0. The zero-order valence-electron chi connectivity index (χ0n) is 10.3. The van der Waals surface area contributed by atoms with E-state index < -0.39 is 11.6 Å². The summed E-state index contributed by atoms with van der Waals surface area (Å²) in [5.41, 5.74) is 7.40. The lowest BCUT2D eigenvalue weighted by Crippen LogP contribution is -2.26. The number of thiophene rings is 1. The van der Waals surface area contributed by atoms with E-state index >= 15 is 0 Å². The summed E-state index contributed by atoms with van der Waals surface area (Å²) in [5, 5.41) is 4.04. The van der Waals surface area contributed by atoms with Gasteiger partial charge in [0.25, 0.3) is 0 Å². The molecule has 0 unspecified atom stereocenters. The number of anilines is 2. The Hall–Kier alpha value is -1.62. The second kappa shape index (κ2) is 4.81. The van der Waals surface area contributed by atoms with Gasteiger partial charge in [-0.25, -0.2) is 8.78 Å². The molecule has 1 aliphatic rings. The average Bonchev–Trinajstić information content (AvgIpc) is 3.09. The molecule has 0 spiro atoms. The summed E-state index contributed by atoms with van der Waals surface area (Å²) < 4.78 is 27.0. The van der Waals surface area contributed by atoms with E-state index in [1.165, 1.54) is 6.07 Å². The molecule has 1 aliphatic carbocycles. The number of halogens is 2. The lowest BCUT2D eigenvalue weighted by molar-refractivity contribution is 0.584. The van der Waals surface area contributed by atoms with Gasteiger partial charge >= 0.3 is 0 Å².